The Labute approximate surface area is 872 Å². The molecule has 26 heteroatoms. The molecule has 2 N–H and O–H groups in total. The van der Waals surface area contributed by atoms with E-state index in [1.54, 1.807) is 158 Å². The predicted octanol–water partition coefficient (Wildman–Crippen LogP) is 26.5. The minimum absolute atomic E-state index is 0.223. The number of carbonyl (C=O) groups excluding carboxylic acids is 9. The molecule has 0 spiro atoms. The van der Waals surface area contributed by atoms with Gasteiger partial charge in [0.15, 0.2) is 0 Å². The minimum Gasteiger partial charge on any atom is -0.494 e. The van der Waals surface area contributed by atoms with E-state index < -0.39 is 47.8 Å². The van der Waals surface area contributed by atoms with Crippen LogP contribution in [0.5, 0.6) is 57.5 Å². The molecule has 778 valence electrons. The van der Waals surface area contributed by atoms with E-state index in [-0.39, 0.29) is 24.1 Å². The van der Waals surface area contributed by atoms with Crippen LogP contribution in [0.15, 0.2) is 305 Å². The molecular formula is C124H126O26. The number of hydrogen-bond acceptors (Lipinski definition) is 25. The van der Waals surface area contributed by atoms with Gasteiger partial charge in [0.25, 0.3) is 0 Å². The fourth-order valence-corrected chi connectivity index (χ4v) is 16.2. The van der Waals surface area contributed by atoms with E-state index in [1.165, 1.54) is 25.0 Å². The van der Waals surface area contributed by atoms with Gasteiger partial charge in [0.05, 0.1) is 79.6 Å². The van der Waals surface area contributed by atoms with Crippen LogP contribution < -0.4 is 47.4 Å². The summed E-state index contributed by atoms with van der Waals surface area (Å²) in [5.74, 6) is 0.0162. The van der Waals surface area contributed by atoms with Crippen LogP contribution in [0.25, 0.3) is 64.6 Å². The van der Waals surface area contributed by atoms with Gasteiger partial charge in [-0.15, -0.1) is 0 Å². The minimum atomic E-state index is -0.929. The molecular weight excluding hydrogens is 1910 g/mol. The predicted molar refractivity (Wildman–Crippen MR) is 579 cm³/mol. The summed E-state index contributed by atoms with van der Waals surface area (Å²) < 4.78 is 77.5. The fourth-order valence-electron chi connectivity index (χ4n) is 16.2. The molecule has 0 unspecified atom stereocenters. The summed E-state index contributed by atoms with van der Waals surface area (Å²) in [6, 6.07) is 74.6. The third-order valence-electron chi connectivity index (χ3n) is 24.1. The van der Waals surface area contributed by atoms with Crippen molar-refractivity contribution in [3.8, 4) is 57.5 Å². The molecule has 14 aromatic carbocycles. The molecule has 1 aliphatic rings. The Morgan fingerprint density at radius 3 is 0.800 bits per heavy atom. The summed E-state index contributed by atoms with van der Waals surface area (Å²) in [6.07, 6.45) is 24.4. The van der Waals surface area contributed by atoms with Crippen molar-refractivity contribution in [1.29, 1.82) is 0 Å². The number of carboxylic acid groups (broad SMARTS) is 1. The van der Waals surface area contributed by atoms with Gasteiger partial charge in [-0.2, -0.15) is 0 Å². The summed E-state index contributed by atoms with van der Waals surface area (Å²) in [5.41, 5.74) is 3.76. The van der Waals surface area contributed by atoms with E-state index in [0.29, 0.717) is 121 Å². The zero-order valence-corrected chi connectivity index (χ0v) is 84.7. The van der Waals surface area contributed by atoms with Gasteiger partial charge >= 0.3 is 59.7 Å². The molecule has 26 nitrogen and oxygen atoms in total. The topological polar surface area (TPSA) is 340 Å². The number of carboxylic acids is 1. The zero-order chi connectivity index (χ0) is 106. The number of aliphatic hydroxyl groups excluding tert-OH is 1. The molecule has 15 rings (SSSR count). The van der Waals surface area contributed by atoms with Crippen LogP contribution in [-0.2, 0) is 51.0 Å². The first kappa shape index (κ1) is 112. The van der Waals surface area contributed by atoms with E-state index in [0.717, 1.165) is 240 Å². The van der Waals surface area contributed by atoms with Gasteiger partial charge in [-0.1, -0.05) is 132 Å². The fraction of sp³-hybridized carbons (Fsp3) is 0.274. The first-order valence-electron chi connectivity index (χ1n) is 50.8. The van der Waals surface area contributed by atoms with Crippen LogP contribution in [0.1, 0.15) is 216 Å². The Morgan fingerprint density at radius 2 is 0.507 bits per heavy atom. The van der Waals surface area contributed by atoms with Gasteiger partial charge in [-0.3, -0.25) is 0 Å². The number of ether oxygens (including phenoxy) is 14. The van der Waals surface area contributed by atoms with Crippen molar-refractivity contribution in [3.05, 3.63) is 350 Å². The van der Waals surface area contributed by atoms with E-state index in [1.807, 2.05) is 111 Å². The van der Waals surface area contributed by atoms with Crippen molar-refractivity contribution in [3.63, 3.8) is 0 Å². The molecule has 1 saturated heterocycles. The molecule has 0 aliphatic carbocycles. The summed E-state index contributed by atoms with van der Waals surface area (Å²) >= 11 is 0. The second-order valence-corrected chi connectivity index (χ2v) is 35.5. The van der Waals surface area contributed by atoms with Crippen LogP contribution >= 0.6 is 0 Å². The standard InChI is InChI=1S/C60H58O12.C40H38O8.C20H22O5.C4H8O/c1-4-15-47-40-54(28-29-55(47)72-60(65)50-21-18-46-39-53(70-57(62)6-3)27-24-43(46)36-50)71-59(64)49-20-17-45-38-52(26-23-42(45)35-49)67-31-12-8-10-14-33-69-58(63)48-19-16-44-37-51(25-22-41(44)34-48)66-30-11-7-9-13-32-68-56(61)5-2;1-3-9-31-26-36(47-39(43)32-12-10-29-24-34(16-14-27(29)22-32)45-21-8-6-5-7-20-41)18-19-37(31)48-40(44)33-13-11-30-25-35(46-38(42)4-2)17-15-28(30)23-33;1-2-19(21)25-12-6-4-3-5-11-24-18-10-9-15-13-17(20(22)23)8-7-16(15)14-18;1-2-4-5-3-1/h5-6,16-29,34-40H,2-4,7-15,30-33H2,1H3;4,10-19,22-26,41H,2-3,5-9,20-21H2,1H3;2,7-10,13-14H,1,3-6,11-12H2,(H,22,23);1-4H2. The molecule has 1 aliphatic heterocycles. The first-order valence-corrected chi connectivity index (χ1v) is 50.8. The number of aliphatic hydroxyl groups is 1. The Hall–Kier alpha value is -16.6. The maximum Gasteiger partial charge on any atom is 0.343 e. The van der Waals surface area contributed by atoms with Crippen molar-refractivity contribution in [1.82, 2.24) is 0 Å². The van der Waals surface area contributed by atoms with Crippen molar-refractivity contribution in [2.45, 2.75) is 155 Å². The smallest absolute Gasteiger partial charge is 0.343 e. The van der Waals surface area contributed by atoms with E-state index in [4.69, 9.17) is 76.5 Å². The normalized spacial score (nSPS) is 11.2. The van der Waals surface area contributed by atoms with E-state index >= 15 is 0 Å². The summed E-state index contributed by atoms with van der Waals surface area (Å²) in [6.45, 7) is 23.3. The number of esters is 9. The molecule has 1 fully saturated rings. The summed E-state index contributed by atoms with van der Waals surface area (Å²) in [5, 5.41) is 28.4. The molecule has 0 atom stereocenters. The van der Waals surface area contributed by atoms with Crippen molar-refractivity contribution in [2.24, 2.45) is 0 Å². The lowest BCUT2D eigenvalue weighted by Crippen LogP contribution is -2.11. The van der Waals surface area contributed by atoms with Gasteiger partial charge < -0.3 is 76.5 Å². The molecule has 0 radical (unpaired) electrons. The van der Waals surface area contributed by atoms with Gasteiger partial charge in [-0.25, -0.2) is 47.9 Å². The van der Waals surface area contributed by atoms with Crippen LogP contribution in [0.4, 0.5) is 0 Å². The number of aryl methyl sites for hydroxylation is 2. The highest BCUT2D eigenvalue weighted by Crippen LogP contribution is 2.35. The SMILES string of the molecule is C1CCOC1.C=CC(=O)OCCCCCCOc1ccc2cc(C(=O)O)ccc2c1.C=CC(=O)OCCCCCCOc1ccc2cc(C(=O)OCCCCCCOc3ccc4cc(C(=O)Oc5ccc(OC(=O)c6ccc7cc(OC(=O)C=C)ccc7c6)c(CCC)c5)ccc4c3)ccc2c1.C=CC(=O)Oc1ccc2cc(C(=O)Oc3ccc(OC(=O)c4ccc5cc(OCCCCCCO)ccc5c4)cc3CCC)ccc2c1. The summed E-state index contributed by atoms with van der Waals surface area (Å²) in [7, 11) is 0. The lowest BCUT2D eigenvalue weighted by atomic mass is 10.1. The molecule has 1 heterocycles. The number of carbonyl (C=O) groups is 10. The Bertz CT molecular complexity index is 7060. The highest BCUT2D eigenvalue weighted by Gasteiger charge is 2.22. The maximum absolute atomic E-state index is 13.3. The van der Waals surface area contributed by atoms with Crippen molar-refractivity contribution < 1.29 is 124 Å². The largest absolute Gasteiger partial charge is 0.494 e. The molecule has 0 bridgehead atoms. The quantitative estimate of drug-likeness (QED) is 0.0118. The van der Waals surface area contributed by atoms with Crippen LogP contribution in [0.3, 0.4) is 0 Å². The Balaban J connectivity index is 0.000000217. The van der Waals surface area contributed by atoms with Gasteiger partial charge in [0.2, 0.25) is 0 Å². The zero-order valence-electron chi connectivity index (χ0n) is 84.7. The molecule has 0 amide bonds. The first-order chi connectivity index (χ1) is 73.0. The number of unbranched alkanes of at least 4 members (excludes halogenated alkanes) is 12. The average Bonchev–Trinajstić information content (AvgIpc) is 0.872. The number of hydrogen-bond donors (Lipinski definition) is 2. The number of aromatic carboxylic acids is 1. The van der Waals surface area contributed by atoms with Gasteiger partial charge in [0.1, 0.15) is 57.5 Å². The molecule has 0 aromatic heterocycles. The van der Waals surface area contributed by atoms with Crippen LogP contribution in [0.2, 0.25) is 0 Å². The third-order valence-corrected chi connectivity index (χ3v) is 24.1. The summed E-state index contributed by atoms with van der Waals surface area (Å²) in [4.78, 5) is 122. The third kappa shape index (κ3) is 35.9. The second kappa shape index (κ2) is 59.9. The molecule has 150 heavy (non-hydrogen) atoms. The average molecular weight is 2030 g/mol. The molecule has 14 aromatic rings. The number of benzene rings is 14. The van der Waals surface area contributed by atoms with Crippen molar-refractivity contribution in [2.75, 3.05) is 66.1 Å². The lowest BCUT2D eigenvalue weighted by molar-refractivity contribution is -0.138. The second-order valence-electron chi connectivity index (χ2n) is 35.5. The van der Waals surface area contributed by atoms with E-state index in [9.17, 15) is 47.9 Å². The highest BCUT2D eigenvalue weighted by atomic mass is 16.6. The monoisotopic (exact) mass is 2030 g/mol. The van der Waals surface area contributed by atoms with Gasteiger partial charge in [-0.05, 0) is 380 Å². The van der Waals surface area contributed by atoms with Gasteiger partial charge in [0, 0.05) is 44.1 Å². The van der Waals surface area contributed by atoms with Crippen molar-refractivity contribution >= 4 is 124 Å². The van der Waals surface area contributed by atoms with Crippen LogP contribution in [-0.4, -0.2) is 136 Å². The Morgan fingerprint density at radius 1 is 0.260 bits per heavy atom. The Kier molecular flexibility index (Phi) is 44.8. The molecule has 0 saturated carbocycles. The van der Waals surface area contributed by atoms with E-state index in [2.05, 4.69) is 26.3 Å². The van der Waals surface area contributed by atoms with Crippen LogP contribution in [0, 0.1) is 0 Å². The highest BCUT2D eigenvalue weighted by molar-refractivity contribution is 6.02. The maximum atomic E-state index is 13.3. The number of fused-ring (bicyclic) bond motifs is 6. The lowest BCUT2D eigenvalue weighted by Gasteiger charge is -2.13. The number of rotatable bonds is 51.